The van der Waals surface area contributed by atoms with Gasteiger partial charge in [0.1, 0.15) is 36.3 Å². The number of amides is 6. The summed E-state index contributed by atoms with van der Waals surface area (Å²) in [5, 5.41) is 41.3. The Hall–Kier alpha value is -4.56. The monoisotopic (exact) mass is 728 g/mol. The number of aliphatic hydroxyl groups excluding tert-OH is 2. The van der Waals surface area contributed by atoms with E-state index in [-0.39, 0.29) is 44.2 Å². The predicted octanol–water partition coefficient (Wildman–Crippen LogP) is -4.43. The second kappa shape index (κ2) is 21.6. The van der Waals surface area contributed by atoms with Crippen LogP contribution in [0, 0.1) is 11.8 Å². The number of guanidine groups is 1. The van der Waals surface area contributed by atoms with Gasteiger partial charge in [-0.1, -0.05) is 27.7 Å². The number of aliphatic carboxylic acids is 1. The second-order valence-corrected chi connectivity index (χ2v) is 13.2. The molecular formula is C31H56N10O10. The van der Waals surface area contributed by atoms with Gasteiger partial charge in [0.05, 0.1) is 19.3 Å². The summed E-state index contributed by atoms with van der Waals surface area (Å²) in [5.41, 5.74) is 16.3. The number of nitrogens with zero attached hydrogens (tertiary/aromatic N) is 2. The van der Waals surface area contributed by atoms with Crippen LogP contribution in [0.1, 0.15) is 66.7 Å². The molecule has 0 bridgehead atoms. The molecule has 0 aromatic carbocycles. The quantitative estimate of drug-likeness (QED) is 0.0302. The number of likely N-dealkylation sites (tertiary alicyclic amines) is 1. The van der Waals surface area contributed by atoms with Gasteiger partial charge in [-0.25, -0.2) is 4.79 Å². The Morgan fingerprint density at radius 1 is 0.882 bits per heavy atom. The third-order valence-electron chi connectivity index (χ3n) is 8.05. The van der Waals surface area contributed by atoms with Gasteiger partial charge < -0.3 is 64.0 Å². The highest BCUT2D eigenvalue weighted by molar-refractivity contribution is 5.96. The van der Waals surface area contributed by atoms with E-state index in [4.69, 9.17) is 17.2 Å². The molecule has 20 nitrogen and oxygen atoms in total. The molecule has 0 unspecified atom stereocenters. The van der Waals surface area contributed by atoms with Crippen LogP contribution >= 0.6 is 0 Å². The lowest BCUT2D eigenvalue weighted by Gasteiger charge is -2.28. The number of carbonyl (C=O) groups is 7. The van der Waals surface area contributed by atoms with Gasteiger partial charge in [0, 0.05) is 13.1 Å². The first-order valence-corrected chi connectivity index (χ1v) is 16.9. The third-order valence-corrected chi connectivity index (χ3v) is 8.05. The lowest BCUT2D eigenvalue weighted by atomic mass is 9.99. The maximum Gasteiger partial charge on any atom is 0.326 e. The van der Waals surface area contributed by atoms with Crippen LogP contribution in [0.2, 0.25) is 0 Å². The number of nitrogens with one attached hydrogen (secondary N) is 5. The zero-order valence-electron chi connectivity index (χ0n) is 29.9. The summed E-state index contributed by atoms with van der Waals surface area (Å²) in [5.74, 6) is -6.62. The average Bonchev–Trinajstić information content (AvgIpc) is 3.54. The van der Waals surface area contributed by atoms with Crippen molar-refractivity contribution in [2.45, 2.75) is 109 Å². The largest absolute Gasteiger partial charge is 0.480 e. The molecule has 20 heteroatoms. The van der Waals surface area contributed by atoms with E-state index in [9.17, 15) is 48.9 Å². The van der Waals surface area contributed by atoms with Crippen LogP contribution in [0.5, 0.6) is 0 Å². The van der Waals surface area contributed by atoms with Gasteiger partial charge >= 0.3 is 5.97 Å². The van der Waals surface area contributed by atoms with E-state index in [1.165, 1.54) is 11.8 Å². The summed E-state index contributed by atoms with van der Waals surface area (Å²) < 4.78 is 0. The summed E-state index contributed by atoms with van der Waals surface area (Å²) in [6, 6.07) is -7.35. The number of aliphatic imine (C=N–C) groups is 1. The van der Waals surface area contributed by atoms with Crippen LogP contribution in [0.15, 0.2) is 4.99 Å². The summed E-state index contributed by atoms with van der Waals surface area (Å²) >= 11 is 0. The molecular weight excluding hydrogens is 672 g/mol. The van der Waals surface area contributed by atoms with Crippen molar-refractivity contribution in [3.8, 4) is 0 Å². The van der Waals surface area contributed by atoms with Crippen molar-refractivity contribution in [3.05, 3.63) is 0 Å². The number of aliphatic hydroxyl groups is 2. The number of hydrogen-bond acceptors (Lipinski definition) is 11. The van der Waals surface area contributed by atoms with Crippen molar-refractivity contribution < 1.29 is 48.9 Å². The van der Waals surface area contributed by atoms with Crippen LogP contribution in [-0.2, 0) is 33.6 Å². The summed E-state index contributed by atoms with van der Waals surface area (Å²) in [6.45, 7) is 7.12. The van der Waals surface area contributed by atoms with E-state index in [2.05, 4.69) is 31.6 Å². The molecule has 1 rings (SSSR count). The van der Waals surface area contributed by atoms with Gasteiger partial charge in [-0.2, -0.15) is 0 Å². The van der Waals surface area contributed by atoms with E-state index in [0.29, 0.717) is 12.8 Å². The van der Waals surface area contributed by atoms with Crippen molar-refractivity contribution >= 4 is 47.4 Å². The molecule has 0 aromatic rings. The van der Waals surface area contributed by atoms with Gasteiger partial charge in [0.15, 0.2) is 5.96 Å². The number of nitrogens with two attached hydrogens (primary N) is 3. The molecule has 51 heavy (non-hydrogen) atoms. The number of carboxylic acids is 1. The molecule has 1 aliphatic heterocycles. The molecule has 0 radical (unpaired) electrons. The smallest absolute Gasteiger partial charge is 0.326 e. The number of rotatable bonds is 21. The normalized spacial score (nSPS) is 17.7. The minimum absolute atomic E-state index is 0.0119. The van der Waals surface area contributed by atoms with Crippen molar-refractivity contribution in [2.24, 2.45) is 34.0 Å². The number of carboxylic acid groups (broad SMARTS) is 1. The van der Waals surface area contributed by atoms with Gasteiger partial charge in [-0.05, 0) is 50.9 Å². The fourth-order valence-electron chi connectivity index (χ4n) is 5.21. The summed E-state index contributed by atoms with van der Waals surface area (Å²) in [4.78, 5) is 94.5. The van der Waals surface area contributed by atoms with Crippen LogP contribution in [0.4, 0.5) is 0 Å². The van der Waals surface area contributed by atoms with Gasteiger partial charge in [0.2, 0.25) is 35.4 Å². The summed E-state index contributed by atoms with van der Waals surface area (Å²) in [6.07, 6.45) is 0.0564. The van der Waals surface area contributed by atoms with Crippen molar-refractivity contribution in [1.82, 2.24) is 31.5 Å². The molecule has 0 spiro atoms. The molecule has 290 valence electrons. The maximum absolute atomic E-state index is 13.4. The molecule has 1 heterocycles. The van der Waals surface area contributed by atoms with Crippen molar-refractivity contribution in [1.29, 1.82) is 0 Å². The molecule has 7 atom stereocenters. The van der Waals surface area contributed by atoms with E-state index in [1.807, 2.05) is 0 Å². The number of hydrogen-bond donors (Lipinski definition) is 11. The zero-order chi connectivity index (χ0) is 39.0. The van der Waals surface area contributed by atoms with Crippen LogP contribution < -0.4 is 43.8 Å². The Balaban J connectivity index is 2.89. The molecule has 0 saturated carbocycles. The summed E-state index contributed by atoms with van der Waals surface area (Å²) in [7, 11) is 0. The topological polar surface area (TPSA) is 334 Å². The standard InChI is InChI=1S/C31H56N10O10/c1-15(2)12-19(25(45)40-24(16(3)4)28(48)38-18(30(50)51)8-6-10-35-31(33)34)39-26(46)20(14-42)37-22(44)13-36-27(47)21-9-7-11-41(21)29(49)23(32)17(5)43/h15-21,23-24,42-43H,6-14,32H2,1-5H3,(H,36,47)(H,37,44)(H,38,48)(H,39,46)(H,40,45)(H,50,51)(H4,33,34,35)/t17-,18+,19+,20+,21+,23+,24+/m1/s1. The van der Waals surface area contributed by atoms with Crippen LogP contribution in [-0.4, -0.2) is 136 Å². The van der Waals surface area contributed by atoms with Crippen LogP contribution in [0.3, 0.4) is 0 Å². The van der Waals surface area contributed by atoms with Crippen LogP contribution in [0.25, 0.3) is 0 Å². The second-order valence-electron chi connectivity index (χ2n) is 13.2. The Labute approximate surface area is 297 Å². The zero-order valence-corrected chi connectivity index (χ0v) is 29.9. The van der Waals surface area contributed by atoms with Gasteiger partial charge in [0.25, 0.3) is 0 Å². The highest BCUT2D eigenvalue weighted by Gasteiger charge is 2.38. The van der Waals surface area contributed by atoms with Crippen molar-refractivity contribution in [3.63, 3.8) is 0 Å². The minimum atomic E-state index is -1.52. The molecule has 0 aromatic heterocycles. The highest BCUT2D eigenvalue weighted by Crippen LogP contribution is 2.19. The minimum Gasteiger partial charge on any atom is -0.480 e. The average molecular weight is 729 g/mol. The Bertz CT molecular complexity index is 1260. The van der Waals surface area contributed by atoms with Gasteiger partial charge in [-0.15, -0.1) is 0 Å². The molecule has 1 saturated heterocycles. The first kappa shape index (κ1) is 44.5. The highest BCUT2D eigenvalue weighted by atomic mass is 16.4. The molecule has 6 amide bonds. The Morgan fingerprint density at radius 3 is 2.02 bits per heavy atom. The van der Waals surface area contributed by atoms with E-state index < -0.39 is 103 Å². The molecule has 0 aliphatic carbocycles. The third kappa shape index (κ3) is 15.1. The first-order chi connectivity index (χ1) is 23.8. The molecule has 1 fully saturated rings. The van der Waals surface area contributed by atoms with E-state index in [1.54, 1.807) is 27.7 Å². The fourth-order valence-corrected chi connectivity index (χ4v) is 5.21. The van der Waals surface area contributed by atoms with E-state index in [0.717, 1.165) is 0 Å². The van der Waals surface area contributed by atoms with E-state index >= 15 is 0 Å². The van der Waals surface area contributed by atoms with Gasteiger partial charge in [-0.3, -0.25) is 33.8 Å². The lowest BCUT2D eigenvalue weighted by molar-refractivity contribution is -0.143. The SMILES string of the molecule is CC(C)C[C@H](NC(=O)[C@H](CO)NC(=O)CNC(=O)[C@@H]1CCCN1C(=O)[C@@H](N)[C@@H](C)O)C(=O)N[C@H](C(=O)N[C@@H](CCCN=C(N)N)C(=O)O)C(C)C. The Morgan fingerprint density at radius 2 is 1.49 bits per heavy atom. The molecule has 14 N–H and O–H groups in total. The van der Waals surface area contributed by atoms with Crippen molar-refractivity contribution in [2.75, 3.05) is 26.2 Å². The lowest BCUT2D eigenvalue weighted by Crippen LogP contribution is -2.60. The predicted molar refractivity (Wildman–Crippen MR) is 184 cm³/mol. The number of carbonyl (C=O) groups excluding carboxylic acids is 6. The molecule has 1 aliphatic rings. The first-order valence-electron chi connectivity index (χ1n) is 16.9. The maximum atomic E-state index is 13.4. The fraction of sp³-hybridized carbons (Fsp3) is 0.742. The Kier molecular flexibility index (Phi) is 18.8.